The first-order chi connectivity index (χ1) is 5.24. The number of carbonyl (C=O) groups is 1. The molecule has 0 unspecified atom stereocenters. The maximum absolute atomic E-state index is 10.8. The molecule has 0 aromatic heterocycles. The van der Waals surface area contributed by atoms with Crippen molar-refractivity contribution in [2.45, 2.75) is 0 Å². The highest BCUT2D eigenvalue weighted by Crippen LogP contribution is 2.09. The smallest absolute Gasteiger partial charge is 0.191 e. The van der Waals surface area contributed by atoms with Crippen LogP contribution in [-0.2, 0) is 5.11 Å². The Hall–Kier alpha value is -0.860. The second kappa shape index (κ2) is 3.51. The largest absolute Gasteiger partial charge is 0.291 e. The van der Waals surface area contributed by atoms with Gasteiger partial charge >= 0.3 is 0 Å². The van der Waals surface area contributed by atoms with Crippen molar-refractivity contribution < 1.29 is 9.90 Å². The van der Waals surface area contributed by atoms with E-state index in [1.807, 2.05) is 0 Å². The summed E-state index contributed by atoms with van der Waals surface area (Å²) in [5.74, 6) is -0.401. The summed E-state index contributed by atoms with van der Waals surface area (Å²) in [5.41, 5.74) is 0.421. The first kappa shape index (κ1) is 8.24. The van der Waals surface area contributed by atoms with E-state index in [9.17, 15) is 9.90 Å². The molecule has 2 nitrogen and oxygen atoms in total. The third-order valence-electron chi connectivity index (χ3n) is 1.30. The lowest BCUT2D eigenvalue weighted by molar-refractivity contribution is 0.0827. The minimum Gasteiger partial charge on any atom is -0.291 e. The molecule has 0 spiro atoms. The van der Waals surface area contributed by atoms with Gasteiger partial charge in [0.05, 0.1) is 0 Å². The molecule has 1 rings (SSSR count). The summed E-state index contributed by atoms with van der Waals surface area (Å²) in [5, 5.41) is 10.7. The number of carbonyl (C=O) groups excluding carboxylic acids is 1. The van der Waals surface area contributed by atoms with E-state index < -0.39 is 12.4 Å². The van der Waals surface area contributed by atoms with Gasteiger partial charge in [-0.25, -0.2) is 5.11 Å². The van der Waals surface area contributed by atoms with Crippen LogP contribution in [0.15, 0.2) is 24.3 Å². The fraction of sp³-hybridized carbons (Fsp3) is 0.125. The maximum Gasteiger partial charge on any atom is 0.191 e. The molecule has 0 saturated carbocycles. The average Bonchev–Trinajstić information content (AvgIpc) is 2.05. The summed E-state index contributed by atoms with van der Waals surface area (Å²) >= 11 is 5.57. The van der Waals surface area contributed by atoms with Crippen molar-refractivity contribution in [2.24, 2.45) is 0 Å². The van der Waals surface area contributed by atoms with Crippen LogP contribution in [0.5, 0.6) is 0 Å². The van der Waals surface area contributed by atoms with E-state index in [1.165, 1.54) is 0 Å². The molecule has 0 N–H and O–H groups in total. The first-order valence-electron chi connectivity index (χ1n) is 3.11. The quantitative estimate of drug-likeness (QED) is 0.624. The van der Waals surface area contributed by atoms with E-state index in [-0.39, 0.29) is 0 Å². The maximum atomic E-state index is 10.8. The molecular formula is C8H6ClO2. The van der Waals surface area contributed by atoms with Gasteiger partial charge in [0.15, 0.2) is 5.78 Å². The van der Waals surface area contributed by atoms with Crippen LogP contribution in [-0.4, -0.2) is 12.4 Å². The number of ketones is 1. The second-order valence-electron chi connectivity index (χ2n) is 2.07. The van der Waals surface area contributed by atoms with E-state index in [4.69, 9.17) is 11.6 Å². The Bertz CT molecular complexity index is 253. The minimum atomic E-state index is -0.707. The van der Waals surface area contributed by atoms with Crippen molar-refractivity contribution in [3.8, 4) is 0 Å². The summed E-state index contributed by atoms with van der Waals surface area (Å²) in [6.45, 7) is -0.707. The Morgan fingerprint density at radius 3 is 2.27 bits per heavy atom. The van der Waals surface area contributed by atoms with Crippen LogP contribution < -0.4 is 0 Å². The molecule has 0 aliphatic carbocycles. The fourth-order valence-electron chi connectivity index (χ4n) is 0.719. The molecule has 0 aliphatic rings. The highest BCUT2D eigenvalue weighted by Gasteiger charge is 2.02. The van der Waals surface area contributed by atoms with Crippen LogP contribution in [0.3, 0.4) is 0 Å². The van der Waals surface area contributed by atoms with Gasteiger partial charge in [-0.15, -0.1) is 0 Å². The molecular weight excluding hydrogens is 164 g/mol. The Morgan fingerprint density at radius 1 is 1.27 bits per heavy atom. The van der Waals surface area contributed by atoms with Crippen LogP contribution in [0.25, 0.3) is 0 Å². The fourth-order valence-corrected chi connectivity index (χ4v) is 0.845. The Kier molecular flexibility index (Phi) is 2.63. The lowest BCUT2D eigenvalue weighted by Crippen LogP contribution is -2.02. The zero-order chi connectivity index (χ0) is 8.27. The van der Waals surface area contributed by atoms with Crippen molar-refractivity contribution in [2.75, 3.05) is 6.61 Å². The highest BCUT2D eigenvalue weighted by molar-refractivity contribution is 6.30. The standard InChI is InChI=1S/C8H6ClO2/c9-7-3-1-6(2-4-7)8(11)5-10/h1-4H,5H2. The van der Waals surface area contributed by atoms with Gasteiger partial charge in [-0.05, 0) is 24.3 Å². The summed E-state index contributed by atoms with van der Waals surface area (Å²) in [6, 6.07) is 6.26. The molecule has 3 heteroatoms. The lowest BCUT2D eigenvalue weighted by Gasteiger charge is -1.94. The summed E-state index contributed by atoms with van der Waals surface area (Å²) < 4.78 is 0. The Morgan fingerprint density at radius 2 is 1.82 bits per heavy atom. The van der Waals surface area contributed by atoms with Crippen molar-refractivity contribution in [3.05, 3.63) is 34.9 Å². The number of hydrogen-bond donors (Lipinski definition) is 0. The van der Waals surface area contributed by atoms with Crippen molar-refractivity contribution in [1.82, 2.24) is 0 Å². The number of hydrogen-bond acceptors (Lipinski definition) is 1. The molecule has 1 radical (unpaired) electrons. The van der Waals surface area contributed by atoms with Crippen molar-refractivity contribution >= 4 is 17.4 Å². The molecule has 57 valence electrons. The molecule has 0 amide bonds. The summed E-state index contributed by atoms with van der Waals surface area (Å²) in [4.78, 5) is 10.8. The molecule has 0 fully saturated rings. The Labute approximate surface area is 69.4 Å². The molecule has 1 aromatic carbocycles. The predicted octanol–water partition coefficient (Wildman–Crippen LogP) is 1.95. The van der Waals surface area contributed by atoms with Gasteiger partial charge in [0.1, 0.15) is 6.61 Å². The topological polar surface area (TPSA) is 37.0 Å². The molecule has 1 aromatic rings. The predicted molar refractivity (Wildman–Crippen MR) is 41.3 cm³/mol. The van der Waals surface area contributed by atoms with Gasteiger partial charge in [-0.3, -0.25) is 4.79 Å². The van der Waals surface area contributed by atoms with Crippen LogP contribution in [0.1, 0.15) is 10.4 Å². The average molecular weight is 170 g/mol. The van der Waals surface area contributed by atoms with Crippen LogP contribution >= 0.6 is 11.6 Å². The molecule has 0 bridgehead atoms. The van der Waals surface area contributed by atoms with Crippen molar-refractivity contribution in [1.29, 1.82) is 0 Å². The lowest BCUT2D eigenvalue weighted by atomic mass is 10.1. The van der Waals surface area contributed by atoms with Gasteiger partial charge in [-0.2, -0.15) is 0 Å². The molecule has 0 heterocycles. The third kappa shape index (κ3) is 2.03. The zero-order valence-corrected chi connectivity index (χ0v) is 6.47. The third-order valence-corrected chi connectivity index (χ3v) is 1.55. The molecule has 0 atom stereocenters. The van der Waals surface area contributed by atoms with Gasteiger partial charge in [-0.1, -0.05) is 11.6 Å². The van der Waals surface area contributed by atoms with E-state index >= 15 is 0 Å². The second-order valence-corrected chi connectivity index (χ2v) is 2.51. The van der Waals surface area contributed by atoms with Crippen LogP contribution in [0.4, 0.5) is 0 Å². The number of Topliss-reactive ketones (excluding diaryl/α,β-unsaturated/α-hetero) is 1. The van der Waals surface area contributed by atoms with E-state index in [0.29, 0.717) is 10.6 Å². The van der Waals surface area contributed by atoms with E-state index in [1.54, 1.807) is 24.3 Å². The molecule has 11 heavy (non-hydrogen) atoms. The van der Waals surface area contributed by atoms with Crippen molar-refractivity contribution in [3.63, 3.8) is 0 Å². The van der Waals surface area contributed by atoms with E-state index in [0.717, 1.165) is 0 Å². The minimum absolute atomic E-state index is 0.401. The SMILES string of the molecule is [O]CC(=O)c1ccc(Cl)cc1. The van der Waals surface area contributed by atoms with Gasteiger partial charge in [0, 0.05) is 10.6 Å². The summed E-state index contributed by atoms with van der Waals surface area (Å²) in [6.07, 6.45) is 0. The zero-order valence-electron chi connectivity index (χ0n) is 5.71. The summed E-state index contributed by atoms with van der Waals surface area (Å²) in [7, 11) is 0. The molecule has 0 aliphatic heterocycles. The van der Waals surface area contributed by atoms with Gasteiger partial charge in [0.2, 0.25) is 0 Å². The number of rotatable bonds is 2. The monoisotopic (exact) mass is 169 g/mol. The number of halogens is 1. The normalized spacial score (nSPS) is 9.64. The van der Waals surface area contributed by atoms with Gasteiger partial charge in [0.25, 0.3) is 0 Å². The Balaban J connectivity index is 2.90. The van der Waals surface area contributed by atoms with E-state index in [2.05, 4.69) is 0 Å². The first-order valence-corrected chi connectivity index (χ1v) is 3.48. The van der Waals surface area contributed by atoms with Gasteiger partial charge < -0.3 is 0 Å². The van der Waals surface area contributed by atoms with Crippen LogP contribution in [0, 0.1) is 0 Å². The number of benzene rings is 1. The van der Waals surface area contributed by atoms with Crippen LogP contribution in [0.2, 0.25) is 5.02 Å². The molecule has 0 saturated heterocycles. The highest BCUT2D eigenvalue weighted by atomic mass is 35.5.